The molecule has 2 amide bonds. The molecule has 2 aliphatic rings. The van der Waals surface area contributed by atoms with Crippen LogP contribution in [-0.2, 0) is 21.1 Å². The van der Waals surface area contributed by atoms with Crippen LogP contribution in [-0.4, -0.2) is 75.5 Å². The third-order valence-electron chi connectivity index (χ3n) is 4.16. The summed E-state index contributed by atoms with van der Waals surface area (Å²) in [5.74, 6) is 0.142. The number of aromatic nitrogens is 2. The van der Waals surface area contributed by atoms with Gasteiger partial charge in [-0.15, -0.1) is 14.5 Å². The number of carbonyl (C=O) groups is 1. The molecule has 2 fully saturated rings. The molecule has 1 aromatic heterocycles. The number of aliphatic imine (C=N–C) groups is 1. The molecule has 27 heavy (non-hydrogen) atoms. The number of fused-ring (bicyclic) bond motifs is 2. The second-order valence-electron chi connectivity index (χ2n) is 6.17. The predicted octanol–water partition coefficient (Wildman–Crippen LogP) is -2.08. The number of urea groups is 1. The van der Waals surface area contributed by atoms with Crippen LogP contribution in [0.5, 0.6) is 0 Å². The number of nitrogens with two attached hydrogens (primary N) is 2. The fraction of sp³-hybridized carbons (Fsp3) is 0.667. The number of hydroxylamine groups is 2. The fourth-order valence-corrected chi connectivity index (χ4v) is 3.44. The number of nitrogens with zero attached hydrogens (tertiary/aromatic N) is 5. The van der Waals surface area contributed by atoms with E-state index in [9.17, 15) is 18.3 Å². The summed E-state index contributed by atoms with van der Waals surface area (Å²) in [5, 5.41) is 18.2. The van der Waals surface area contributed by atoms with Gasteiger partial charge in [-0.2, -0.15) is 13.5 Å². The number of guanidine groups is 1. The topological polar surface area (TPSA) is 211 Å². The maximum absolute atomic E-state index is 12.4. The van der Waals surface area contributed by atoms with Gasteiger partial charge in [0.25, 0.3) is 0 Å². The SMILES string of the molecule is NC(N)=NC[C@H](O)Cc1nnc([C@@H]2CC[C@@H]3CN2C(=O)N3OS(=O)(=O)O)o1. The monoisotopic (exact) mass is 405 g/mol. The molecular weight excluding hydrogens is 386 g/mol. The minimum atomic E-state index is -4.81. The molecular formula is C12H19N7O7S. The van der Waals surface area contributed by atoms with Crippen LogP contribution in [0.4, 0.5) is 4.79 Å². The van der Waals surface area contributed by atoms with E-state index in [1.54, 1.807) is 0 Å². The van der Waals surface area contributed by atoms with Gasteiger partial charge in [0.05, 0.1) is 25.1 Å². The molecule has 3 heterocycles. The van der Waals surface area contributed by atoms with Crippen molar-refractivity contribution in [1.82, 2.24) is 20.2 Å². The average molecular weight is 405 g/mol. The largest absolute Gasteiger partial charge is 0.423 e. The van der Waals surface area contributed by atoms with E-state index in [0.717, 1.165) is 0 Å². The molecule has 0 unspecified atom stereocenters. The number of hydrogen-bond donors (Lipinski definition) is 4. The first-order valence-electron chi connectivity index (χ1n) is 7.96. The Bertz CT molecular complexity index is 837. The van der Waals surface area contributed by atoms with Crippen molar-refractivity contribution >= 4 is 22.4 Å². The molecule has 150 valence electrons. The zero-order valence-corrected chi connectivity index (χ0v) is 14.8. The predicted molar refractivity (Wildman–Crippen MR) is 87.0 cm³/mol. The molecule has 0 spiro atoms. The molecule has 2 aliphatic heterocycles. The Morgan fingerprint density at radius 1 is 1.41 bits per heavy atom. The van der Waals surface area contributed by atoms with E-state index in [4.69, 9.17) is 20.4 Å². The van der Waals surface area contributed by atoms with Gasteiger partial charge in [0.15, 0.2) is 5.96 Å². The summed E-state index contributed by atoms with van der Waals surface area (Å²) >= 11 is 0. The molecule has 0 aliphatic carbocycles. The van der Waals surface area contributed by atoms with E-state index in [1.807, 2.05) is 0 Å². The van der Waals surface area contributed by atoms with Gasteiger partial charge < -0.3 is 25.9 Å². The van der Waals surface area contributed by atoms with Crippen LogP contribution in [0.2, 0.25) is 0 Å². The van der Waals surface area contributed by atoms with Gasteiger partial charge in [0.1, 0.15) is 6.04 Å². The van der Waals surface area contributed by atoms with Crippen LogP contribution in [0, 0.1) is 0 Å². The second-order valence-corrected chi connectivity index (χ2v) is 7.17. The van der Waals surface area contributed by atoms with Gasteiger partial charge in [-0.3, -0.25) is 9.55 Å². The zero-order chi connectivity index (χ0) is 19.8. The Morgan fingerprint density at radius 2 is 2.15 bits per heavy atom. The number of piperidine rings is 1. The lowest BCUT2D eigenvalue weighted by Gasteiger charge is -2.27. The standard InChI is InChI=1S/C12H19N7O7S/c13-11(14)15-4-7(20)3-9-16-17-10(25-9)8-2-1-6-5-18(8)12(21)19(6)26-27(22,23)24/h6-8,20H,1-5H2,(H4,13,14,15)(H,22,23,24)/t6-,7-,8+/m1/s1. The average Bonchev–Trinajstić information content (AvgIpc) is 3.12. The van der Waals surface area contributed by atoms with Crippen molar-refractivity contribution in [3.63, 3.8) is 0 Å². The molecule has 15 heteroatoms. The lowest BCUT2D eigenvalue weighted by molar-refractivity contribution is -0.0317. The molecule has 3 atom stereocenters. The molecule has 2 bridgehead atoms. The van der Waals surface area contributed by atoms with Gasteiger partial charge in [-0.25, -0.2) is 4.79 Å². The third-order valence-corrected chi connectivity index (χ3v) is 4.51. The zero-order valence-electron chi connectivity index (χ0n) is 14.0. The Balaban J connectivity index is 1.67. The highest BCUT2D eigenvalue weighted by Gasteiger charge is 2.49. The van der Waals surface area contributed by atoms with E-state index >= 15 is 0 Å². The van der Waals surface area contributed by atoms with E-state index in [1.165, 1.54) is 4.90 Å². The second kappa shape index (κ2) is 7.26. The minimum Gasteiger partial charge on any atom is -0.423 e. The lowest BCUT2D eigenvalue weighted by Crippen LogP contribution is -2.35. The molecule has 0 radical (unpaired) electrons. The third kappa shape index (κ3) is 4.44. The van der Waals surface area contributed by atoms with Crippen molar-refractivity contribution in [2.24, 2.45) is 16.5 Å². The van der Waals surface area contributed by atoms with E-state index in [0.29, 0.717) is 17.9 Å². The number of aliphatic hydroxyl groups excluding tert-OH is 1. The quantitative estimate of drug-likeness (QED) is 0.219. The van der Waals surface area contributed by atoms with Crippen LogP contribution in [0.25, 0.3) is 0 Å². The fourth-order valence-electron chi connectivity index (χ4n) is 3.05. The number of aliphatic hydroxyl groups is 1. The molecule has 1 aromatic rings. The highest BCUT2D eigenvalue weighted by Crippen LogP contribution is 2.38. The van der Waals surface area contributed by atoms with Crippen LogP contribution < -0.4 is 11.5 Å². The highest BCUT2D eigenvalue weighted by atomic mass is 32.3. The molecule has 3 rings (SSSR count). The molecule has 2 saturated heterocycles. The number of rotatable bonds is 7. The van der Waals surface area contributed by atoms with Crippen molar-refractivity contribution in [3.05, 3.63) is 11.8 Å². The molecule has 0 aromatic carbocycles. The molecule has 14 nitrogen and oxygen atoms in total. The van der Waals surface area contributed by atoms with Crippen molar-refractivity contribution in [2.75, 3.05) is 13.1 Å². The van der Waals surface area contributed by atoms with Crippen LogP contribution in [0.15, 0.2) is 9.41 Å². The van der Waals surface area contributed by atoms with Crippen molar-refractivity contribution in [1.29, 1.82) is 0 Å². The van der Waals surface area contributed by atoms with Crippen molar-refractivity contribution < 1.29 is 31.6 Å². The van der Waals surface area contributed by atoms with Gasteiger partial charge in [-0.1, -0.05) is 0 Å². The first kappa shape index (κ1) is 19.3. The Labute approximate surface area is 153 Å². The molecule has 0 saturated carbocycles. The van der Waals surface area contributed by atoms with Crippen LogP contribution >= 0.6 is 0 Å². The normalized spacial score (nSPS) is 23.6. The van der Waals surface area contributed by atoms with E-state index in [-0.39, 0.29) is 37.3 Å². The van der Waals surface area contributed by atoms with E-state index < -0.39 is 34.6 Å². The summed E-state index contributed by atoms with van der Waals surface area (Å²) in [6.45, 7) is 0.154. The summed E-state index contributed by atoms with van der Waals surface area (Å²) in [6, 6.07) is -1.81. The van der Waals surface area contributed by atoms with Gasteiger partial charge in [-0.05, 0) is 12.8 Å². The van der Waals surface area contributed by atoms with E-state index in [2.05, 4.69) is 19.5 Å². The number of hydrogen-bond acceptors (Lipinski definition) is 9. The Morgan fingerprint density at radius 3 is 2.81 bits per heavy atom. The van der Waals surface area contributed by atoms with Crippen LogP contribution in [0.3, 0.4) is 0 Å². The lowest BCUT2D eigenvalue weighted by atomic mass is 10.0. The van der Waals surface area contributed by atoms with Gasteiger partial charge in [0.2, 0.25) is 11.8 Å². The first-order valence-corrected chi connectivity index (χ1v) is 9.33. The summed E-state index contributed by atoms with van der Waals surface area (Å²) < 4.78 is 40.5. The van der Waals surface area contributed by atoms with Crippen molar-refractivity contribution in [2.45, 2.75) is 37.5 Å². The van der Waals surface area contributed by atoms with Crippen LogP contribution in [0.1, 0.15) is 30.7 Å². The maximum Gasteiger partial charge on any atom is 0.418 e. The van der Waals surface area contributed by atoms with Crippen molar-refractivity contribution in [3.8, 4) is 0 Å². The summed E-state index contributed by atoms with van der Waals surface area (Å²) in [7, 11) is -4.81. The first-order chi connectivity index (χ1) is 12.6. The Kier molecular flexibility index (Phi) is 5.18. The maximum atomic E-state index is 12.4. The minimum absolute atomic E-state index is 0.0189. The Hall–Kier alpha value is -2.49. The number of amides is 2. The highest BCUT2D eigenvalue weighted by molar-refractivity contribution is 7.80. The van der Waals surface area contributed by atoms with Gasteiger partial charge >= 0.3 is 16.4 Å². The summed E-state index contributed by atoms with van der Waals surface area (Å²) in [4.78, 5) is 17.4. The summed E-state index contributed by atoms with van der Waals surface area (Å²) in [6.07, 6.45) is -0.0682. The number of carbonyl (C=O) groups excluding carboxylic acids is 1. The smallest absolute Gasteiger partial charge is 0.418 e. The summed E-state index contributed by atoms with van der Waals surface area (Å²) in [5.41, 5.74) is 10.4. The molecule has 6 N–H and O–H groups in total. The van der Waals surface area contributed by atoms with Gasteiger partial charge in [0, 0.05) is 6.54 Å².